The molecule has 35 heavy (non-hydrogen) atoms. The molecule has 6 heteroatoms. The first-order chi connectivity index (χ1) is 17.1. The van der Waals surface area contributed by atoms with Gasteiger partial charge in [0.1, 0.15) is 5.75 Å². The van der Waals surface area contributed by atoms with Gasteiger partial charge in [0.2, 0.25) is 11.8 Å². The summed E-state index contributed by atoms with van der Waals surface area (Å²) in [6.07, 6.45) is 5.47. The molecule has 3 aromatic carbocycles. The number of benzene rings is 3. The van der Waals surface area contributed by atoms with Crippen molar-refractivity contribution in [2.45, 2.75) is 45.4 Å². The third-order valence-corrected chi connectivity index (χ3v) is 5.47. The van der Waals surface area contributed by atoms with Crippen LogP contribution < -0.4 is 20.7 Å². The lowest BCUT2D eigenvalue weighted by Crippen LogP contribution is -2.21. The number of hydrogen-bond donors (Lipinski definition) is 3. The molecule has 184 valence electrons. The Bertz CT molecular complexity index is 1050. The minimum absolute atomic E-state index is 0.0111. The summed E-state index contributed by atoms with van der Waals surface area (Å²) in [5, 5.41) is 8.89. The third kappa shape index (κ3) is 9.92. The van der Waals surface area contributed by atoms with Crippen LogP contribution >= 0.6 is 0 Å². The first-order valence-electron chi connectivity index (χ1n) is 12.3. The Balaban J connectivity index is 1.36. The number of ether oxygens (including phenoxy) is 1. The van der Waals surface area contributed by atoms with Crippen LogP contribution in [0.2, 0.25) is 0 Å². The Morgan fingerprint density at radius 3 is 2.26 bits per heavy atom. The molecule has 0 atom stereocenters. The smallest absolute Gasteiger partial charge is 0.243 e. The van der Waals surface area contributed by atoms with Crippen molar-refractivity contribution < 1.29 is 14.3 Å². The van der Waals surface area contributed by atoms with Gasteiger partial charge in [-0.15, -0.1) is 0 Å². The average Bonchev–Trinajstić information content (AvgIpc) is 2.87. The number of aryl methyl sites for hydroxylation is 1. The van der Waals surface area contributed by atoms with Crippen molar-refractivity contribution >= 4 is 28.9 Å². The van der Waals surface area contributed by atoms with Crippen molar-refractivity contribution in [1.29, 1.82) is 0 Å². The molecule has 0 fully saturated rings. The van der Waals surface area contributed by atoms with Gasteiger partial charge in [0.25, 0.3) is 0 Å². The fourth-order valence-electron chi connectivity index (χ4n) is 3.60. The van der Waals surface area contributed by atoms with Gasteiger partial charge in [0.15, 0.2) is 0 Å². The number of rotatable bonds is 14. The summed E-state index contributed by atoms with van der Waals surface area (Å²) in [5.41, 5.74) is 3.50. The van der Waals surface area contributed by atoms with Gasteiger partial charge in [-0.1, -0.05) is 56.2 Å². The van der Waals surface area contributed by atoms with E-state index in [0.29, 0.717) is 18.7 Å². The number of anilines is 3. The largest absolute Gasteiger partial charge is 0.494 e. The van der Waals surface area contributed by atoms with Gasteiger partial charge in [-0.2, -0.15) is 0 Å². The van der Waals surface area contributed by atoms with Crippen molar-refractivity contribution in [3.05, 3.63) is 84.4 Å². The predicted molar refractivity (Wildman–Crippen MR) is 143 cm³/mol. The standard InChI is InChI=1S/C29H35N3O3/c1-2-3-5-15-28(33)32-26-14-8-13-25(21-26)30-22-29(34)31-24-16-18-27(19-17-24)35-20-9-12-23-10-6-4-7-11-23/h4,6-8,10-11,13-14,16-19,21,30H,2-3,5,9,12,15,20,22H2,1H3,(H,31,34)(H,32,33). The number of carbonyl (C=O) groups excluding carboxylic acids is 2. The van der Waals surface area contributed by atoms with Crippen LogP contribution in [0.15, 0.2) is 78.9 Å². The Kier molecular flexibility index (Phi) is 10.7. The normalized spacial score (nSPS) is 10.4. The minimum atomic E-state index is -0.157. The number of hydrogen-bond acceptors (Lipinski definition) is 4. The van der Waals surface area contributed by atoms with E-state index in [9.17, 15) is 9.59 Å². The van der Waals surface area contributed by atoms with E-state index in [0.717, 1.165) is 49.2 Å². The van der Waals surface area contributed by atoms with Gasteiger partial charge in [-0.25, -0.2) is 0 Å². The van der Waals surface area contributed by atoms with E-state index in [1.807, 2.05) is 66.7 Å². The van der Waals surface area contributed by atoms with Crippen molar-refractivity contribution in [2.75, 3.05) is 29.1 Å². The lowest BCUT2D eigenvalue weighted by Gasteiger charge is -2.11. The molecule has 0 bridgehead atoms. The number of carbonyl (C=O) groups is 2. The van der Waals surface area contributed by atoms with Crippen molar-refractivity contribution in [3.63, 3.8) is 0 Å². The molecule has 0 aliphatic carbocycles. The lowest BCUT2D eigenvalue weighted by atomic mass is 10.1. The van der Waals surface area contributed by atoms with Gasteiger partial charge in [-0.05, 0) is 67.3 Å². The minimum Gasteiger partial charge on any atom is -0.494 e. The molecule has 0 radical (unpaired) electrons. The van der Waals surface area contributed by atoms with Gasteiger partial charge in [0, 0.05) is 23.5 Å². The predicted octanol–water partition coefficient (Wildman–Crippen LogP) is 6.27. The first kappa shape index (κ1) is 25.8. The molecule has 0 saturated heterocycles. The lowest BCUT2D eigenvalue weighted by molar-refractivity contribution is -0.116. The summed E-state index contributed by atoms with van der Waals surface area (Å²) >= 11 is 0. The maximum atomic E-state index is 12.4. The van der Waals surface area contributed by atoms with E-state index >= 15 is 0 Å². The fraction of sp³-hybridized carbons (Fsp3) is 0.310. The average molecular weight is 474 g/mol. The highest BCUT2D eigenvalue weighted by Gasteiger charge is 2.06. The Hall–Kier alpha value is -3.80. The summed E-state index contributed by atoms with van der Waals surface area (Å²) in [4.78, 5) is 24.4. The second-order valence-electron chi connectivity index (χ2n) is 8.45. The molecule has 3 N–H and O–H groups in total. The zero-order valence-electron chi connectivity index (χ0n) is 20.4. The van der Waals surface area contributed by atoms with Crippen LogP contribution in [0, 0.1) is 0 Å². The van der Waals surface area contributed by atoms with Crippen LogP contribution in [-0.4, -0.2) is 25.0 Å². The maximum absolute atomic E-state index is 12.4. The second kappa shape index (κ2) is 14.5. The first-order valence-corrected chi connectivity index (χ1v) is 12.3. The monoisotopic (exact) mass is 473 g/mol. The van der Waals surface area contributed by atoms with Crippen LogP contribution in [0.25, 0.3) is 0 Å². The van der Waals surface area contributed by atoms with Crippen LogP contribution in [-0.2, 0) is 16.0 Å². The quantitative estimate of drug-likeness (QED) is 0.241. The van der Waals surface area contributed by atoms with Crippen LogP contribution in [0.5, 0.6) is 5.75 Å². The van der Waals surface area contributed by atoms with Crippen molar-refractivity contribution in [2.24, 2.45) is 0 Å². The molecule has 0 aliphatic heterocycles. The maximum Gasteiger partial charge on any atom is 0.243 e. The fourth-order valence-corrected chi connectivity index (χ4v) is 3.60. The van der Waals surface area contributed by atoms with Crippen LogP contribution in [0.3, 0.4) is 0 Å². The van der Waals surface area contributed by atoms with E-state index in [-0.39, 0.29) is 18.4 Å². The summed E-state index contributed by atoms with van der Waals surface area (Å²) in [7, 11) is 0. The van der Waals surface area contributed by atoms with E-state index in [2.05, 4.69) is 35.0 Å². The van der Waals surface area contributed by atoms with E-state index in [1.54, 1.807) is 0 Å². The summed E-state index contributed by atoms with van der Waals surface area (Å²) < 4.78 is 5.80. The van der Waals surface area contributed by atoms with Crippen molar-refractivity contribution in [3.8, 4) is 5.75 Å². The summed E-state index contributed by atoms with van der Waals surface area (Å²) in [6, 6.07) is 25.1. The van der Waals surface area contributed by atoms with Crippen molar-refractivity contribution in [1.82, 2.24) is 0 Å². The Morgan fingerprint density at radius 2 is 1.49 bits per heavy atom. The van der Waals surface area contributed by atoms with Crippen LogP contribution in [0.4, 0.5) is 17.1 Å². The molecule has 0 saturated carbocycles. The van der Waals surface area contributed by atoms with E-state index < -0.39 is 0 Å². The van der Waals surface area contributed by atoms with E-state index in [1.165, 1.54) is 5.56 Å². The molecule has 2 amide bonds. The third-order valence-electron chi connectivity index (χ3n) is 5.47. The molecule has 3 aromatic rings. The Labute approximate surface area is 208 Å². The van der Waals surface area contributed by atoms with Gasteiger partial charge in [-0.3, -0.25) is 9.59 Å². The highest BCUT2D eigenvalue weighted by Crippen LogP contribution is 2.18. The summed E-state index contributed by atoms with van der Waals surface area (Å²) in [5.74, 6) is 0.634. The zero-order valence-corrected chi connectivity index (χ0v) is 20.4. The highest BCUT2D eigenvalue weighted by atomic mass is 16.5. The molecular weight excluding hydrogens is 438 g/mol. The summed E-state index contributed by atoms with van der Waals surface area (Å²) in [6.45, 7) is 2.87. The molecule has 0 heterocycles. The van der Waals surface area contributed by atoms with Crippen LogP contribution in [0.1, 0.15) is 44.6 Å². The molecule has 6 nitrogen and oxygen atoms in total. The molecular formula is C29H35N3O3. The van der Waals surface area contributed by atoms with Gasteiger partial charge >= 0.3 is 0 Å². The highest BCUT2D eigenvalue weighted by molar-refractivity contribution is 5.94. The molecule has 0 spiro atoms. The van der Waals surface area contributed by atoms with Gasteiger partial charge < -0.3 is 20.7 Å². The second-order valence-corrected chi connectivity index (χ2v) is 8.45. The molecule has 3 rings (SSSR count). The topological polar surface area (TPSA) is 79.5 Å². The number of nitrogens with one attached hydrogen (secondary N) is 3. The molecule has 0 unspecified atom stereocenters. The number of unbranched alkanes of at least 4 members (excludes halogenated alkanes) is 2. The van der Waals surface area contributed by atoms with E-state index in [4.69, 9.17) is 4.74 Å². The molecule has 0 aliphatic rings. The Morgan fingerprint density at radius 1 is 0.743 bits per heavy atom. The number of amides is 2. The van der Waals surface area contributed by atoms with Gasteiger partial charge in [0.05, 0.1) is 13.2 Å². The SMILES string of the molecule is CCCCCC(=O)Nc1cccc(NCC(=O)Nc2ccc(OCCCc3ccccc3)cc2)c1. The zero-order chi connectivity index (χ0) is 24.7. The molecule has 0 aromatic heterocycles.